The number of hydrogen-bond donors (Lipinski definition) is 1. The van der Waals surface area contributed by atoms with Crippen LogP contribution in [0.5, 0.6) is 0 Å². The van der Waals surface area contributed by atoms with Gasteiger partial charge in [0.05, 0.1) is 5.69 Å². The van der Waals surface area contributed by atoms with Crippen molar-refractivity contribution >= 4 is 22.7 Å². The summed E-state index contributed by atoms with van der Waals surface area (Å²) in [6.45, 7) is 0. The fraction of sp³-hybridized carbons (Fsp3) is 0.143. The van der Waals surface area contributed by atoms with E-state index in [1.54, 1.807) is 28.9 Å². The first-order valence-electron chi connectivity index (χ1n) is 5.98. The Labute approximate surface area is 119 Å². The van der Waals surface area contributed by atoms with Gasteiger partial charge in [0.15, 0.2) is 10.0 Å². The SMILES string of the molecule is NC(Cc1csc(-c2nccs2)n1)c1ccccc1. The van der Waals surface area contributed by atoms with Gasteiger partial charge in [-0.05, 0) is 5.56 Å². The molecule has 96 valence electrons. The molecule has 0 saturated carbocycles. The van der Waals surface area contributed by atoms with Crippen LogP contribution in [0.1, 0.15) is 17.3 Å². The van der Waals surface area contributed by atoms with E-state index in [2.05, 4.69) is 27.5 Å². The summed E-state index contributed by atoms with van der Waals surface area (Å²) in [6, 6.07) is 10.1. The number of rotatable bonds is 4. The van der Waals surface area contributed by atoms with Crippen molar-refractivity contribution in [2.45, 2.75) is 12.5 Å². The summed E-state index contributed by atoms with van der Waals surface area (Å²) in [5.41, 5.74) is 8.39. The Hall–Kier alpha value is -1.56. The highest BCUT2D eigenvalue weighted by molar-refractivity contribution is 7.19. The van der Waals surface area contributed by atoms with Gasteiger partial charge in [-0.2, -0.15) is 0 Å². The normalized spacial score (nSPS) is 12.5. The number of thiazole rings is 2. The first-order chi connectivity index (χ1) is 9.33. The molecule has 1 atom stereocenters. The first-order valence-corrected chi connectivity index (χ1v) is 7.73. The Morgan fingerprint density at radius 2 is 1.95 bits per heavy atom. The van der Waals surface area contributed by atoms with Crippen molar-refractivity contribution < 1.29 is 0 Å². The molecule has 19 heavy (non-hydrogen) atoms. The third-order valence-corrected chi connectivity index (χ3v) is 4.63. The van der Waals surface area contributed by atoms with Crippen molar-refractivity contribution in [2.24, 2.45) is 5.73 Å². The molecule has 0 aliphatic heterocycles. The van der Waals surface area contributed by atoms with E-state index in [0.29, 0.717) is 0 Å². The van der Waals surface area contributed by atoms with Crippen molar-refractivity contribution in [3.8, 4) is 10.0 Å². The van der Waals surface area contributed by atoms with Gasteiger partial charge in [-0.1, -0.05) is 30.3 Å². The van der Waals surface area contributed by atoms with E-state index < -0.39 is 0 Å². The molecule has 0 aliphatic rings. The number of nitrogens with zero attached hydrogens (tertiary/aromatic N) is 2. The summed E-state index contributed by atoms with van der Waals surface area (Å²) in [7, 11) is 0. The summed E-state index contributed by atoms with van der Waals surface area (Å²) in [5.74, 6) is 0. The predicted octanol–water partition coefficient (Wildman–Crippen LogP) is 3.51. The van der Waals surface area contributed by atoms with Crippen LogP contribution in [-0.2, 0) is 6.42 Å². The van der Waals surface area contributed by atoms with Crippen LogP contribution in [0.2, 0.25) is 0 Å². The monoisotopic (exact) mass is 287 g/mol. The molecule has 0 saturated heterocycles. The molecular formula is C14H13N3S2. The maximum Gasteiger partial charge on any atom is 0.152 e. The number of nitrogens with two attached hydrogens (primary N) is 1. The Morgan fingerprint density at radius 1 is 1.11 bits per heavy atom. The average molecular weight is 287 g/mol. The zero-order chi connectivity index (χ0) is 13.1. The Morgan fingerprint density at radius 3 is 2.68 bits per heavy atom. The lowest BCUT2D eigenvalue weighted by Gasteiger charge is -2.09. The lowest BCUT2D eigenvalue weighted by molar-refractivity contribution is 0.710. The van der Waals surface area contributed by atoms with E-state index in [1.807, 2.05) is 23.6 Å². The molecule has 2 heterocycles. The average Bonchev–Trinajstić information content (AvgIpc) is 3.10. The topological polar surface area (TPSA) is 51.8 Å². The first kappa shape index (κ1) is 12.5. The molecule has 0 fully saturated rings. The fourth-order valence-corrected chi connectivity index (χ4v) is 3.40. The van der Waals surface area contributed by atoms with Crippen molar-refractivity contribution in [2.75, 3.05) is 0 Å². The number of hydrogen-bond acceptors (Lipinski definition) is 5. The van der Waals surface area contributed by atoms with Crippen LogP contribution in [0.15, 0.2) is 47.3 Å². The molecule has 2 aromatic heterocycles. The van der Waals surface area contributed by atoms with Gasteiger partial charge in [0.25, 0.3) is 0 Å². The highest BCUT2D eigenvalue weighted by atomic mass is 32.1. The lowest BCUT2D eigenvalue weighted by atomic mass is 10.0. The standard InChI is InChI=1S/C14H13N3S2/c15-12(10-4-2-1-3-5-10)8-11-9-19-14(17-11)13-16-6-7-18-13/h1-7,9,12H,8,15H2. The van der Waals surface area contributed by atoms with Gasteiger partial charge >= 0.3 is 0 Å². The minimum absolute atomic E-state index is 0.00700. The maximum absolute atomic E-state index is 6.21. The van der Waals surface area contributed by atoms with Gasteiger partial charge in [0.2, 0.25) is 0 Å². The van der Waals surface area contributed by atoms with Crippen molar-refractivity contribution in [3.63, 3.8) is 0 Å². The van der Waals surface area contributed by atoms with E-state index in [9.17, 15) is 0 Å². The van der Waals surface area contributed by atoms with Gasteiger partial charge in [-0.3, -0.25) is 0 Å². The molecule has 1 aromatic carbocycles. The molecular weight excluding hydrogens is 274 g/mol. The largest absolute Gasteiger partial charge is 0.324 e. The summed E-state index contributed by atoms with van der Waals surface area (Å²) in [4.78, 5) is 8.88. The molecule has 0 bridgehead atoms. The molecule has 1 unspecified atom stereocenters. The van der Waals surface area contributed by atoms with E-state index in [-0.39, 0.29) is 6.04 Å². The second-order valence-electron chi connectivity index (χ2n) is 4.20. The van der Waals surface area contributed by atoms with Crippen LogP contribution in [0.25, 0.3) is 10.0 Å². The number of benzene rings is 1. The molecule has 3 nitrogen and oxygen atoms in total. The summed E-state index contributed by atoms with van der Waals surface area (Å²) in [6.07, 6.45) is 2.56. The highest BCUT2D eigenvalue weighted by Gasteiger charge is 2.11. The van der Waals surface area contributed by atoms with Crippen molar-refractivity contribution in [1.29, 1.82) is 0 Å². The number of aromatic nitrogens is 2. The summed E-state index contributed by atoms with van der Waals surface area (Å²) in [5, 5.41) is 5.99. The zero-order valence-corrected chi connectivity index (χ0v) is 11.8. The van der Waals surface area contributed by atoms with E-state index in [0.717, 1.165) is 27.7 Å². The third-order valence-electron chi connectivity index (χ3n) is 2.82. The summed E-state index contributed by atoms with van der Waals surface area (Å²) >= 11 is 3.24. The molecule has 2 N–H and O–H groups in total. The van der Waals surface area contributed by atoms with Crippen LogP contribution in [0.3, 0.4) is 0 Å². The molecule has 0 spiro atoms. The molecule has 0 aliphatic carbocycles. The zero-order valence-electron chi connectivity index (χ0n) is 10.2. The second-order valence-corrected chi connectivity index (χ2v) is 5.96. The molecule has 5 heteroatoms. The highest BCUT2D eigenvalue weighted by Crippen LogP contribution is 2.26. The fourth-order valence-electron chi connectivity index (χ4n) is 1.87. The third kappa shape index (κ3) is 2.89. The van der Waals surface area contributed by atoms with Crippen LogP contribution in [-0.4, -0.2) is 9.97 Å². The summed E-state index contributed by atoms with van der Waals surface area (Å²) < 4.78 is 0. The quantitative estimate of drug-likeness (QED) is 0.799. The van der Waals surface area contributed by atoms with Crippen LogP contribution in [0, 0.1) is 0 Å². The van der Waals surface area contributed by atoms with Crippen molar-refractivity contribution in [1.82, 2.24) is 9.97 Å². The Bertz CT molecular complexity index is 632. The van der Waals surface area contributed by atoms with Gasteiger partial charge in [-0.25, -0.2) is 9.97 Å². The van der Waals surface area contributed by atoms with Crippen LogP contribution in [0.4, 0.5) is 0 Å². The Kier molecular flexibility index (Phi) is 3.68. The second kappa shape index (κ2) is 5.61. The van der Waals surface area contributed by atoms with Gasteiger partial charge < -0.3 is 5.73 Å². The molecule has 0 amide bonds. The molecule has 3 aromatic rings. The minimum atomic E-state index is -0.00700. The minimum Gasteiger partial charge on any atom is -0.324 e. The van der Waals surface area contributed by atoms with Crippen LogP contribution < -0.4 is 5.73 Å². The van der Waals surface area contributed by atoms with E-state index in [1.165, 1.54) is 0 Å². The van der Waals surface area contributed by atoms with Gasteiger partial charge in [0, 0.05) is 29.4 Å². The van der Waals surface area contributed by atoms with Crippen LogP contribution >= 0.6 is 22.7 Å². The van der Waals surface area contributed by atoms with Crippen molar-refractivity contribution in [3.05, 3.63) is 58.5 Å². The van der Waals surface area contributed by atoms with Gasteiger partial charge in [0.1, 0.15) is 0 Å². The molecule has 0 radical (unpaired) electrons. The predicted molar refractivity (Wildman–Crippen MR) is 80.3 cm³/mol. The van der Waals surface area contributed by atoms with E-state index >= 15 is 0 Å². The molecule has 3 rings (SSSR count). The Balaban J connectivity index is 1.74. The van der Waals surface area contributed by atoms with Gasteiger partial charge in [-0.15, -0.1) is 22.7 Å². The maximum atomic E-state index is 6.21. The smallest absolute Gasteiger partial charge is 0.152 e. The lowest BCUT2D eigenvalue weighted by Crippen LogP contribution is -2.13. The van der Waals surface area contributed by atoms with E-state index in [4.69, 9.17) is 5.73 Å².